The SMILES string of the molecule is COc1ccc(C(=O)Nc2cc3c(cc2Sc2ccc(Cl)cc2)n(C)c(=O)n3C)cc1OC. The van der Waals surface area contributed by atoms with Gasteiger partial charge in [0.05, 0.1) is 30.9 Å². The van der Waals surface area contributed by atoms with Crippen LogP contribution in [0.2, 0.25) is 5.02 Å². The Morgan fingerprint density at radius 2 is 1.55 bits per heavy atom. The van der Waals surface area contributed by atoms with E-state index in [0.717, 1.165) is 15.3 Å². The Labute approximate surface area is 199 Å². The Bertz CT molecular complexity index is 1410. The van der Waals surface area contributed by atoms with Gasteiger partial charge >= 0.3 is 5.69 Å². The van der Waals surface area contributed by atoms with Gasteiger partial charge in [-0.05, 0) is 54.6 Å². The van der Waals surface area contributed by atoms with Crippen LogP contribution in [0.4, 0.5) is 5.69 Å². The molecule has 0 unspecified atom stereocenters. The maximum absolute atomic E-state index is 13.1. The standard InChI is InChI=1S/C24H22ClN3O4S/c1-27-18-12-17(26-23(29)14-5-10-20(31-3)21(11-14)32-4)22(13-19(18)28(2)24(27)30)33-16-8-6-15(25)7-9-16/h5-13H,1-4H3,(H,26,29). The molecule has 170 valence electrons. The average Bonchev–Trinajstić information content (AvgIpc) is 3.03. The Balaban J connectivity index is 1.77. The van der Waals surface area contributed by atoms with Gasteiger partial charge in [0.15, 0.2) is 11.5 Å². The minimum atomic E-state index is -0.311. The first-order valence-corrected chi connectivity index (χ1v) is 11.2. The van der Waals surface area contributed by atoms with E-state index in [1.54, 1.807) is 41.4 Å². The Morgan fingerprint density at radius 3 is 2.18 bits per heavy atom. The van der Waals surface area contributed by atoms with Crippen molar-refractivity contribution in [3.8, 4) is 11.5 Å². The fourth-order valence-corrected chi connectivity index (χ4v) is 4.55. The minimum Gasteiger partial charge on any atom is -0.493 e. The molecule has 0 atom stereocenters. The number of amides is 1. The molecule has 0 radical (unpaired) electrons. The third kappa shape index (κ3) is 4.44. The Kier molecular flexibility index (Phi) is 6.40. The van der Waals surface area contributed by atoms with Crippen molar-refractivity contribution in [3.63, 3.8) is 0 Å². The van der Waals surface area contributed by atoms with Crippen LogP contribution in [0.3, 0.4) is 0 Å². The van der Waals surface area contributed by atoms with Gasteiger partial charge in [-0.3, -0.25) is 13.9 Å². The molecule has 4 aromatic rings. The number of aryl methyl sites for hydroxylation is 2. The maximum atomic E-state index is 13.1. The third-order valence-electron chi connectivity index (χ3n) is 5.31. The van der Waals surface area contributed by atoms with Gasteiger partial charge in [0.1, 0.15) is 0 Å². The number of imidazole rings is 1. The van der Waals surface area contributed by atoms with Crippen LogP contribution in [0.15, 0.2) is 69.2 Å². The number of fused-ring (bicyclic) bond motifs is 1. The topological polar surface area (TPSA) is 74.5 Å². The monoisotopic (exact) mass is 483 g/mol. The highest BCUT2D eigenvalue weighted by Gasteiger charge is 2.17. The molecule has 0 aliphatic carbocycles. The van der Waals surface area contributed by atoms with E-state index in [4.69, 9.17) is 21.1 Å². The first-order valence-electron chi connectivity index (χ1n) is 9.98. The highest BCUT2D eigenvalue weighted by molar-refractivity contribution is 7.99. The summed E-state index contributed by atoms with van der Waals surface area (Å²) in [4.78, 5) is 27.3. The van der Waals surface area contributed by atoms with Gasteiger partial charge in [0, 0.05) is 34.5 Å². The van der Waals surface area contributed by atoms with Crippen molar-refractivity contribution >= 4 is 46.0 Å². The van der Waals surface area contributed by atoms with Gasteiger partial charge in [-0.1, -0.05) is 23.4 Å². The van der Waals surface area contributed by atoms with Gasteiger partial charge < -0.3 is 14.8 Å². The molecule has 4 rings (SSSR count). The van der Waals surface area contributed by atoms with E-state index in [0.29, 0.717) is 33.3 Å². The van der Waals surface area contributed by atoms with E-state index < -0.39 is 0 Å². The van der Waals surface area contributed by atoms with Crippen molar-refractivity contribution in [2.75, 3.05) is 19.5 Å². The number of hydrogen-bond donors (Lipinski definition) is 1. The molecule has 0 saturated carbocycles. The normalized spacial score (nSPS) is 10.9. The zero-order valence-electron chi connectivity index (χ0n) is 18.5. The molecule has 1 amide bonds. The fraction of sp³-hybridized carbons (Fsp3) is 0.167. The number of rotatable bonds is 6. The summed E-state index contributed by atoms with van der Waals surface area (Å²) in [7, 11) is 6.49. The molecule has 0 fully saturated rings. The summed E-state index contributed by atoms with van der Waals surface area (Å²) in [6.45, 7) is 0. The lowest BCUT2D eigenvalue weighted by Gasteiger charge is -2.14. The van der Waals surface area contributed by atoms with Crippen molar-refractivity contribution in [2.24, 2.45) is 14.1 Å². The first-order chi connectivity index (χ1) is 15.8. The minimum absolute atomic E-state index is 0.143. The molecule has 7 nitrogen and oxygen atoms in total. The average molecular weight is 484 g/mol. The molecular weight excluding hydrogens is 462 g/mol. The number of halogens is 1. The predicted molar refractivity (Wildman–Crippen MR) is 131 cm³/mol. The molecule has 1 aromatic heterocycles. The summed E-state index contributed by atoms with van der Waals surface area (Å²) in [6, 6.07) is 16.1. The van der Waals surface area contributed by atoms with Crippen molar-refractivity contribution < 1.29 is 14.3 Å². The van der Waals surface area contributed by atoms with Crippen molar-refractivity contribution in [1.82, 2.24) is 9.13 Å². The second kappa shape index (κ2) is 9.25. The summed E-state index contributed by atoms with van der Waals surface area (Å²) in [5.74, 6) is 0.685. The maximum Gasteiger partial charge on any atom is 0.328 e. The molecule has 33 heavy (non-hydrogen) atoms. The lowest BCUT2D eigenvalue weighted by Crippen LogP contribution is -2.19. The molecule has 0 aliphatic heterocycles. The number of hydrogen-bond acceptors (Lipinski definition) is 5. The van der Waals surface area contributed by atoms with Gasteiger partial charge in [-0.25, -0.2) is 4.79 Å². The number of anilines is 1. The van der Waals surface area contributed by atoms with Crippen LogP contribution in [-0.4, -0.2) is 29.3 Å². The smallest absolute Gasteiger partial charge is 0.328 e. The molecule has 0 spiro atoms. The molecule has 9 heteroatoms. The molecule has 1 heterocycles. The molecule has 3 aromatic carbocycles. The predicted octanol–water partition coefficient (Wildman–Crippen LogP) is 4.95. The summed E-state index contributed by atoms with van der Waals surface area (Å²) in [6.07, 6.45) is 0. The summed E-state index contributed by atoms with van der Waals surface area (Å²) in [5, 5.41) is 3.63. The molecule has 1 N–H and O–H groups in total. The number of methoxy groups -OCH3 is 2. The zero-order valence-corrected chi connectivity index (χ0v) is 20.1. The fourth-order valence-electron chi connectivity index (χ4n) is 3.51. The zero-order chi connectivity index (χ0) is 23.7. The van der Waals surface area contributed by atoms with Crippen LogP contribution >= 0.6 is 23.4 Å². The summed E-state index contributed by atoms with van der Waals surface area (Å²) < 4.78 is 13.7. The molecule has 0 bridgehead atoms. The van der Waals surface area contributed by atoms with Crippen molar-refractivity contribution in [3.05, 3.63) is 75.7 Å². The number of carbonyl (C=O) groups is 1. The summed E-state index contributed by atoms with van der Waals surface area (Å²) >= 11 is 7.49. The van der Waals surface area contributed by atoms with E-state index in [1.807, 2.05) is 36.4 Å². The number of ether oxygens (including phenoxy) is 2. The lowest BCUT2D eigenvalue weighted by molar-refractivity contribution is 0.102. The van der Waals surface area contributed by atoms with E-state index in [1.165, 1.54) is 26.0 Å². The van der Waals surface area contributed by atoms with Crippen LogP contribution < -0.4 is 20.5 Å². The van der Waals surface area contributed by atoms with Gasteiger partial charge in [0.25, 0.3) is 5.91 Å². The van der Waals surface area contributed by atoms with Gasteiger partial charge in [-0.15, -0.1) is 0 Å². The van der Waals surface area contributed by atoms with Gasteiger partial charge in [0.2, 0.25) is 0 Å². The van der Waals surface area contributed by atoms with Crippen LogP contribution in [0.1, 0.15) is 10.4 Å². The van der Waals surface area contributed by atoms with Gasteiger partial charge in [-0.2, -0.15) is 0 Å². The van der Waals surface area contributed by atoms with Crippen LogP contribution in [0.25, 0.3) is 11.0 Å². The van der Waals surface area contributed by atoms with Crippen LogP contribution in [0, 0.1) is 0 Å². The third-order valence-corrected chi connectivity index (χ3v) is 6.63. The number of nitrogens with one attached hydrogen (secondary N) is 1. The van der Waals surface area contributed by atoms with Crippen molar-refractivity contribution in [2.45, 2.75) is 9.79 Å². The largest absolute Gasteiger partial charge is 0.493 e. The van der Waals surface area contributed by atoms with E-state index in [-0.39, 0.29) is 11.6 Å². The van der Waals surface area contributed by atoms with Crippen molar-refractivity contribution in [1.29, 1.82) is 0 Å². The van der Waals surface area contributed by atoms with Crippen LogP contribution in [-0.2, 0) is 14.1 Å². The first kappa shape index (κ1) is 22.8. The van der Waals surface area contributed by atoms with E-state index in [2.05, 4.69) is 5.32 Å². The number of benzene rings is 3. The Hall–Kier alpha value is -3.36. The highest BCUT2D eigenvalue weighted by Crippen LogP contribution is 2.37. The number of nitrogens with zero attached hydrogens (tertiary/aromatic N) is 2. The molecule has 0 saturated heterocycles. The van der Waals surface area contributed by atoms with E-state index >= 15 is 0 Å². The quantitative estimate of drug-likeness (QED) is 0.420. The molecule has 0 aliphatic rings. The lowest BCUT2D eigenvalue weighted by atomic mass is 10.1. The summed E-state index contributed by atoms with van der Waals surface area (Å²) in [5.41, 5.74) is 2.34. The highest BCUT2D eigenvalue weighted by atomic mass is 35.5. The van der Waals surface area contributed by atoms with E-state index in [9.17, 15) is 9.59 Å². The second-order valence-corrected chi connectivity index (χ2v) is 8.87. The van der Waals surface area contributed by atoms with Crippen LogP contribution in [0.5, 0.6) is 11.5 Å². The second-order valence-electron chi connectivity index (χ2n) is 7.32. The molecular formula is C24H22ClN3O4S. The Morgan fingerprint density at radius 1 is 0.909 bits per heavy atom. The number of carbonyl (C=O) groups excluding carboxylic acids is 1. The number of aromatic nitrogens is 2.